The van der Waals surface area contributed by atoms with Crippen molar-refractivity contribution < 1.29 is 0 Å². The van der Waals surface area contributed by atoms with Gasteiger partial charge in [0.2, 0.25) is 0 Å². The molecule has 0 N–H and O–H groups in total. The molecule has 0 unspecified atom stereocenters. The van der Waals surface area contributed by atoms with Crippen molar-refractivity contribution in [2.45, 2.75) is 26.7 Å². The van der Waals surface area contributed by atoms with Gasteiger partial charge in [0.1, 0.15) is 0 Å². The Morgan fingerprint density at radius 3 is 2.73 bits per heavy atom. The maximum absolute atomic E-state index is 4.35. The summed E-state index contributed by atoms with van der Waals surface area (Å²) in [7, 11) is 0. The van der Waals surface area contributed by atoms with Gasteiger partial charge in [0, 0.05) is 12.4 Å². The first-order valence-corrected chi connectivity index (χ1v) is 5.15. The molecule has 2 heterocycles. The molecule has 0 aliphatic heterocycles. The van der Waals surface area contributed by atoms with Crippen molar-refractivity contribution in [3.05, 3.63) is 42.0 Å². The highest BCUT2D eigenvalue weighted by atomic mass is 15.3. The highest BCUT2D eigenvalue weighted by Crippen LogP contribution is 2.16. The minimum Gasteiger partial charge on any atom is -0.259 e. The third-order valence-corrected chi connectivity index (χ3v) is 2.50. The van der Waals surface area contributed by atoms with Crippen LogP contribution in [-0.4, -0.2) is 14.8 Å². The molecule has 0 amide bonds. The molecule has 0 bridgehead atoms. The van der Waals surface area contributed by atoms with Gasteiger partial charge in [-0.15, -0.1) is 0 Å². The molecule has 0 saturated heterocycles. The Kier molecular flexibility index (Phi) is 2.54. The van der Waals surface area contributed by atoms with Crippen molar-refractivity contribution in [1.29, 1.82) is 0 Å². The first-order chi connectivity index (χ1) is 7.18. The minimum absolute atomic E-state index is 0.510. The minimum atomic E-state index is 0.510. The van der Waals surface area contributed by atoms with Gasteiger partial charge in [-0.05, 0) is 30.5 Å². The van der Waals surface area contributed by atoms with E-state index in [1.54, 1.807) is 6.20 Å². The van der Waals surface area contributed by atoms with Crippen molar-refractivity contribution in [2.24, 2.45) is 0 Å². The van der Waals surface area contributed by atoms with Gasteiger partial charge in [0.15, 0.2) is 0 Å². The zero-order valence-electron chi connectivity index (χ0n) is 9.31. The molecule has 0 aliphatic carbocycles. The molecule has 15 heavy (non-hydrogen) atoms. The van der Waals surface area contributed by atoms with E-state index in [0.717, 1.165) is 11.4 Å². The van der Waals surface area contributed by atoms with Crippen molar-refractivity contribution in [3.63, 3.8) is 0 Å². The number of pyridine rings is 1. The summed E-state index contributed by atoms with van der Waals surface area (Å²) in [5.41, 5.74) is 3.29. The fraction of sp³-hybridized carbons (Fsp3) is 0.333. The van der Waals surface area contributed by atoms with Crippen molar-refractivity contribution in [1.82, 2.24) is 14.8 Å². The highest BCUT2D eigenvalue weighted by molar-refractivity contribution is 5.35. The van der Waals surface area contributed by atoms with E-state index in [-0.39, 0.29) is 0 Å². The maximum atomic E-state index is 4.35. The number of aromatic nitrogens is 3. The lowest BCUT2D eigenvalue weighted by atomic mass is 10.1. The molecule has 0 aliphatic rings. The molecule has 0 aromatic carbocycles. The molecule has 0 spiro atoms. The molecule has 78 valence electrons. The predicted octanol–water partition coefficient (Wildman–Crippen LogP) is 2.70. The molecule has 0 saturated carbocycles. The lowest BCUT2D eigenvalue weighted by Gasteiger charge is -2.03. The Labute approximate surface area is 89.8 Å². The van der Waals surface area contributed by atoms with Crippen LogP contribution < -0.4 is 0 Å². The van der Waals surface area contributed by atoms with Crippen LogP contribution in [0, 0.1) is 6.92 Å². The van der Waals surface area contributed by atoms with Gasteiger partial charge in [-0.25, -0.2) is 4.68 Å². The van der Waals surface area contributed by atoms with Crippen LogP contribution in [0.1, 0.15) is 31.0 Å². The summed E-state index contributed by atoms with van der Waals surface area (Å²) in [6, 6.07) is 3.96. The average molecular weight is 201 g/mol. The fourth-order valence-corrected chi connectivity index (χ4v) is 1.48. The lowest BCUT2D eigenvalue weighted by molar-refractivity contribution is 0.849. The summed E-state index contributed by atoms with van der Waals surface area (Å²) in [5.74, 6) is 0.510. The second-order valence-electron chi connectivity index (χ2n) is 3.98. The second-order valence-corrected chi connectivity index (χ2v) is 3.98. The number of aryl methyl sites for hydroxylation is 1. The molecule has 0 atom stereocenters. The van der Waals surface area contributed by atoms with E-state index in [1.807, 2.05) is 29.9 Å². The summed E-state index contributed by atoms with van der Waals surface area (Å²) >= 11 is 0. The smallest absolute Gasteiger partial charge is 0.0858 e. The van der Waals surface area contributed by atoms with Crippen molar-refractivity contribution >= 4 is 0 Å². The molecule has 3 heteroatoms. The largest absolute Gasteiger partial charge is 0.259 e. The van der Waals surface area contributed by atoms with Gasteiger partial charge in [-0.3, -0.25) is 4.98 Å². The second kappa shape index (κ2) is 3.85. The summed E-state index contributed by atoms with van der Waals surface area (Å²) in [6.45, 7) is 6.32. The van der Waals surface area contributed by atoms with Crippen molar-refractivity contribution in [3.8, 4) is 5.69 Å². The van der Waals surface area contributed by atoms with E-state index in [1.165, 1.54) is 5.56 Å². The topological polar surface area (TPSA) is 30.7 Å². The van der Waals surface area contributed by atoms with Gasteiger partial charge >= 0.3 is 0 Å². The van der Waals surface area contributed by atoms with E-state index >= 15 is 0 Å². The lowest BCUT2D eigenvalue weighted by Crippen LogP contribution is -1.98. The van der Waals surface area contributed by atoms with Crippen LogP contribution in [0.5, 0.6) is 0 Å². The Morgan fingerprint density at radius 2 is 2.13 bits per heavy atom. The first kappa shape index (κ1) is 9.90. The SMILES string of the molecule is Cc1ncccc1-n1cc(C(C)C)cn1. The van der Waals surface area contributed by atoms with E-state index in [0.29, 0.717) is 5.92 Å². The molecule has 2 aromatic heterocycles. The highest BCUT2D eigenvalue weighted by Gasteiger charge is 2.05. The maximum Gasteiger partial charge on any atom is 0.0858 e. The van der Waals surface area contributed by atoms with E-state index in [2.05, 4.69) is 30.1 Å². The molecule has 2 aromatic rings. The third kappa shape index (κ3) is 1.91. The Balaban J connectivity index is 2.42. The first-order valence-electron chi connectivity index (χ1n) is 5.15. The van der Waals surface area contributed by atoms with Crippen LogP contribution in [0.3, 0.4) is 0 Å². The summed E-state index contributed by atoms with van der Waals surface area (Å²) in [6.07, 6.45) is 5.78. The van der Waals surface area contributed by atoms with Gasteiger partial charge in [-0.1, -0.05) is 13.8 Å². The van der Waals surface area contributed by atoms with E-state index in [4.69, 9.17) is 0 Å². The Bertz CT molecular complexity index is 457. The average Bonchev–Trinajstić information content (AvgIpc) is 2.67. The van der Waals surface area contributed by atoms with Gasteiger partial charge in [0.25, 0.3) is 0 Å². The summed E-state index contributed by atoms with van der Waals surface area (Å²) in [4.78, 5) is 4.25. The quantitative estimate of drug-likeness (QED) is 0.748. The summed E-state index contributed by atoms with van der Waals surface area (Å²) in [5, 5.41) is 4.35. The number of hydrogen-bond acceptors (Lipinski definition) is 2. The Morgan fingerprint density at radius 1 is 1.33 bits per heavy atom. The van der Waals surface area contributed by atoms with Gasteiger partial charge in [0.05, 0.1) is 17.6 Å². The predicted molar refractivity (Wildman–Crippen MR) is 60.2 cm³/mol. The standard InChI is InChI=1S/C12H15N3/c1-9(2)11-7-14-15(8-11)12-5-4-6-13-10(12)3/h4-9H,1-3H3. The molecule has 0 fully saturated rings. The number of rotatable bonds is 2. The molecular weight excluding hydrogens is 186 g/mol. The molecule has 0 radical (unpaired) electrons. The van der Waals surface area contributed by atoms with Crippen LogP contribution in [0.25, 0.3) is 5.69 Å². The van der Waals surface area contributed by atoms with Crippen LogP contribution in [0.2, 0.25) is 0 Å². The van der Waals surface area contributed by atoms with Crippen LogP contribution in [0.4, 0.5) is 0 Å². The molecule has 2 rings (SSSR count). The number of nitrogens with zero attached hydrogens (tertiary/aromatic N) is 3. The zero-order chi connectivity index (χ0) is 10.8. The Hall–Kier alpha value is -1.64. The molecule has 3 nitrogen and oxygen atoms in total. The van der Waals surface area contributed by atoms with Gasteiger partial charge in [-0.2, -0.15) is 5.10 Å². The number of hydrogen-bond donors (Lipinski definition) is 0. The van der Waals surface area contributed by atoms with E-state index in [9.17, 15) is 0 Å². The van der Waals surface area contributed by atoms with Crippen LogP contribution >= 0.6 is 0 Å². The zero-order valence-corrected chi connectivity index (χ0v) is 9.31. The molecular formula is C12H15N3. The van der Waals surface area contributed by atoms with Crippen LogP contribution in [-0.2, 0) is 0 Å². The summed E-state index contributed by atoms with van der Waals surface area (Å²) < 4.78 is 1.89. The third-order valence-electron chi connectivity index (χ3n) is 2.50. The van der Waals surface area contributed by atoms with Gasteiger partial charge < -0.3 is 0 Å². The van der Waals surface area contributed by atoms with E-state index < -0.39 is 0 Å². The monoisotopic (exact) mass is 201 g/mol. The fourth-order valence-electron chi connectivity index (χ4n) is 1.48. The van der Waals surface area contributed by atoms with Crippen molar-refractivity contribution in [2.75, 3.05) is 0 Å². The van der Waals surface area contributed by atoms with Crippen LogP contribution in [0.15, 0.2) is 30.7 Å². The normalized spacial score (nSPS) is 10.9.